The molecule has 1 aromatic heterocycles. The molecule has 26 heavy (non-hydrogen) atoms. The van der Waals surface area contributed by atoms with Crippen LogP contribution in [0.15, 0.2) is 36.4 Å². The van der Waals surface area contributed by atoms with Gasteiger partial charge in [-0.15, -0.1) is 11.3 Å². The summed E-state index contributed by atoms with van der Waals surface area (Å²) in [5, 5.41) is 12.3. The van der Waals surface area contributed by atoms with Crippen LogP contribution in [0.4, 0.5) is 0 Å². The van der Waals surface area contributed by atoms with E-state index in [1.807, 2.05) is 31.2 Å². The summed E-state index contributed by atoms with van der Waals surface area (Å²) >= 11 is 8.19. The van der Waals surface area contributed by atoms with Gasteiger partial charge in [0.1, 0.15) is 5.78 Å². The van der Waals surface area contributed by atoms with Gasteiger partial charge in [0.15, 0.2) is 0 Å². The number of rotatable bonds is 6. The molecule has 1 fully saturated rings. The molecule has 3 rings (SSSR count). The van der Waals surface area contributed by atoms with Gasteiger partial charge in [0.25, 0.3) is 0 Å². The highest BCUT2D eigenvalue weighted by atomic mass is 35.5. The van der Waals surface area contributed by atoms with Crippen LogP contribution in [0, 0.1) is 23.7 Å². The van der Waals surface area contributed by atoms with E-state index in [0.717, 1.165) is 21.7 Å². The highest BCUT2D eigenvalue weighted by Gasteiger charge is 2.39. The Morgan fingerprint density at radius 1 is 1.35 bits per heavy atom. The number of allylic oxidation sites excluding steroid dienone is 1. The molecule has 0 amide bonds. The number of hydrogen-bond donors (Lipinski definition) is 1. The standard InChI is InChI=1S/C22H27ClO2S/c1-13(2)18-12-19(25)14(3)16(18)10-8-15(24)9-11-21-22(23)17-6-4-5-7-20(17)26-21/h4-8,10,13-16,18,24H,9,11-12H2,1-3H3/b10-8+/t14-,15?,16?,18?/m1/s1. The maximum absolute atomic E-state index is 12.1. The van der Waals surface area contributed by atoms with Crippen molar-refractivity contribution < 1.29 is 9.90 Å². The second kappa shape index (κ2) is 8.24. The molecule has 0 spiro atoms. The van der Waals surface area contributed by atoms with Crippen LogP contribution in [0.25, 0.3) is 10.1 Å². The number of aliphatic hydroxyl groups is 1. The lowest BCUT2D eigenvalue weighted by atomic mass is 9.82. The van der Waals surface area contributed by atoms with Crippen LogP contribution in [0.1, 0.15) is 38.5 Å². The molecule has 0 aliphatic heterocycles. The van der Waals surface area contributed by atoms with Gasteiger partial charge in [0, 0.05) is 27.3 Å². The van der Waals surface area contributed by atoms with Crippen molar-refractivity contribution in [1.82, 2.24) is 0 Å². The van der Waals surface area contributed by atoms with Crippen LogP contribution in [0.5, 0.6) is 0 Å². The minimum Gasteiger partial charge on any atom is -0.389 e. The Morgan fingerprint density at radius 2 is 2.08 bits per heavy atom. The summed E-state index contributed by atoms with van der Waals surface area (Å²) in [6.45, 7) is 6.37. The zero-order valence-corrected chi connectivity index (χ0v) is 17.2. The lowest BCUT2D eigenvalue weighted by Crippen LogP contribution is -2.17. The van der Waals surface area contributed by atoms with E-state index in [-0.39, 0.29) is 11.8 Å². The molecule has 0 saturated heterocycles. The maximum Gasteiger partial charge on any atom is 0.136 e. The van der Waals surface area contributed by atoms with Gasteiger partial charge >= 0.3 is 0 Å². The summed E-state index contributed by atoms with van der Waals surface area (Å²) < 4.78 is 1.19. The second-order valence-electron chi connectivity index (χ2n) is 7.77. The number of fused-ring (bicyclic) bond motifs is 1. The molecule has 1 aliphatic rings. The molecule has 1 aliphatic carbocycles. The Labute approximate surface area is 164 Å². The van der Waals surface area contributed by atoms with Gasteiger partial charge in [-0.1, -0.05) is 62.7 Å². The van der Waals surface area contributed by atoms with Crippen molar-refractivity contribution in [2.75, 3.05) is 0 Å². The summed E-state index contributed by atoms with van der Waals surface area (Å²) in [5.74, 6) is 1.52. The fourth-order valence-corrected chi connectivity index (χ4v) is 5.53. The molecular weight excluding hydrogens is 364 g/mol. The molecule has 1 aromatic carbocycles. The molecule has 3 unspecified atom stereocenters. The number of carbonyl (C=O) groups excluding carboxylic acids is 1. The molecule has 2 aromatic rings. The van der Waals surface area contributed by atoms with Gasteiger partial charge in [0.05, 0.1) is 11.1 Å². The SMILES string of the molecule is CC(C)C1CC(=O)[C@H](C)C1/C=C/C(O)CCc1sc2ccccc2c1Cl. The van der Waals surface area contributed by atoms with E-state index in [2.05, 4.69) is 26.0 Å². The predicted octanol–water partition coefficient (Wildman–Crippen LogP) is 5.90. The van der Waals surface area contributed by atoms with Gasteiger partial charge in [-0.05, 0) is 36.7 Å². The van der Waals surface area contributed by atoms with Crippen LogP contribution >= 0.6 is 22.9 Å². The number of carbonyl (C=O) groups is 1. The third-order valence-electron chi connectivity index (χ3n) is 5.70. The molecule has 1 N–H and O–H groups in total. The van der Waals surface area contributed by atoms with Crippen molar-refractivity contribution in [2.45, 2.75) is 46.1 Å². The highest BCUT2D eigenvalue weighted by molar-refractivity contribution is 7.19. The van der Waals surface area contributed by atoms with Crippen LogP contribution < -0.4 is 0 Å². The van der Waals surface area contributed by atoms with Crippen molar-refractivity contribution in [3.8, 4) is 0 Å². The first-order valence-electron chi connectivity index (χ1n) is 9.43. The van der Waals surface area contributed by atoms with Crippen molar-refractivity contribution in [3.05, 3.63) is 46.3 Å². The van der Waals surface area contributed by atoms with Crippen molar-refractivity contribution in [3.63, 3.8) is 0 Å². The topological polar surface area (TPSA) is 37.3 Å². The number of ketones is 1. The van der Waals surface area contributed by atoms with Crippen LogP contribution in [-0.2, 0) is 11.2 Å². The molecule has 1 heterocycles. The highest BCUT2D eigenvalue weighted by Crippen LogP contribution is 2.40. The zero-order valence-electron chi connectivity index (χ0n) is 15.6. The summed E-state index contributed by atoms with van der Waals surface area (Å²) in [7, 11) is 0. The number of benzene rings is 1. The average Bonchev–Trinajstić information content (AvgIpc) is 3.09. The van der Waals surface area contributed by atoms with Crippen LogP contribution in [-0.4, -0.2) is 17.0 Å². The number of hydrogen-bond acceptors (Lipinski definition) is 3. The first-order valence-corrected chi connectivity index (χ1v) is 10.6. The molecule has 140 valence electrons. The molecule has 4 heteroatoms. The fourth-order valence-electron chi connectivity index (χ4n) is 3.99. The van der Waals surface area contributed by atoms with E-state index in [0.29, 0.717) is 30.5 Å². The van der Waals surface area contributed by atoms with E-state index >= 15 is 0 Å². The van der Waals surface area contributed by atoms with Gasteiger partial charge in [-0.2, -0.15) is 0 Å². The first kappa shape index (κ1) is 19.6. The van der Waals surface area contributed by atoms with Crippen molar-refractivity contribution in [1.29, 1.82) is 0 Å². The first-order chi connectivity index (χ1) is 12.4. The minimum atomic E-state index is -0.507. The summed E-state index contributed by atoms with van der Waals surface area (Å²) in [5.41, 5.74) is 0. The Hall–Kier alpha value is -1.16. The van der Waals surface area contributed by atoms with Crippen molar-refractivity contribution >= 4 is 38.8 Å². The van der Waals surface area contributed by atoms with E-state index in [4.69, 9.17) is 11.6 Å². The number of halogens is 1. The third kappa shape index (κ3) is 4.05. The number of aryl methyl sites for hydroxylation is 1. The lowest BCUT2D eigenvalue weighted by molar-refractivity contribution is -0.120. The monoisotopic (exact) mass is 390 g/mol. The van der Waals surface area contributed by atoms with Gasteiger partial charge in [-0.3, -0.25) is 4.79 Å². The quantitative estimate of drug-likeness (QED) is 0.623. The molecule has 0 radical (unpaired) electrons. The Morgan fingerprint density at radius 3 is 2.77 bits per heavy atom. The van der Waals surface area contributed by atoms with E-state index < -0.39 is 6.10 Å². The predicted molar refractivity (Wildman–Crippen MR) is 111 cm³/mol. The Kier molecular flexibility index (Phi) is 6.21. The summed E-state index contributed by atoms with van der Waals surface area (Å²) in [6, 6.07) is 8.14. The lowest BCUT2D eigenvalue weighted by Gasteiger charge is -2.22. The zero-order chi connectivity index (χ0) is 18.8. The molecule has 1 saturated carbocycles. The summed E-state index contributed by atoms with van der Waals surface area (Å²) in [6.07, 6.45) is 5.53. The Bertz CT molecular complexity index is 808. The molecule has 4 atom stereocenters. The molecule has 2 nitrogen and oxygen atoms in total. The van der Waals surface area contributed by atoms with E-state index in [1.165, 1.54) is 4.70 Å². The average molecular weight is 391 g/mol. The van der Waals surface area contributed by atoms with E-state index in [1.54, 1.807) is 11.3 Å². The summed E-state index contributed by atoms with van der Waals surface area (Å²) in [4.78, 5) is 13.2. The van der Waals surface area contributed by atoms with Crippen LogP contribution in [0.2, 0.25) is 5.02 Å². The van der Waals surface area contributed by atoms with Crippen LogP contribution in [0.3, 0.4) is 0 Å². The minimum absolute atomic E-state index is 0.0582. The van der Waals surface area contributed by atoms with Crippen molar-refractivity contribution in [2.24, 2.45) is 23.7 Å². The maximum atomic E-state index is 12.1. The van der Waals surface area contributed by atoms with E-state index in [9.17, 15) is 9.90 Å². The van der Waals surface area contributed by atoms with Gasteiger partial charge < -0.3 is 5.11 Å². The molecular formula is C22H27ClO2S. The number of aliphatic hydroxyl groups excluding tert-OH is 1. The smallest absolute Gasteiger partial charge is 0.136 e. The van der Waals surface area contributed by atoms with Gasteiger partial charge in [-0.25, -0.2) is 0 Å². The molecule has 0 bridgehead atoms. The normalized spacial score (nSPS) is 25.0. The fraction of sp³-hybridized carbons (Fsp3) is 0.500. The second-order valence-corrected chi connectivity index (χ2v) is 9.29. The number of thiophene rings is 1. The Balaban J connectivity index is 1.63. The third-order valence-corrected chi connectivity index (χ3v) is 7.47. The van der Waals surface area contributed by atoms with Gasteiger partial charge in [0.2, 0.25) is 0 Å². The number of Topliss-reactive ketones (excluding diaryl/α,β-unsaturated/α-hetero) is 1. The largest absolute Gasteiger partial charge is 0.389 e.